The van der Waals surface area contributed by atoms with Crippen LogP contribution in [0.25, 0.3) is 0 Å². The number of amides is 1. The molecule has 0 aromatic heterocycles. The van der Waals surface area contributed by atoms with Crippen molar-refractivity contribution in [2.45, 2.75) is 57.9 Å². The van der Waals surface area contributed by atoms with Crippen LogP contribution in [0.1, 0.15) is 62.7 Å². The van der Waals surface area contributed by atoms with Gasteiger partial charge in [-0.3, -0.25) is 0 Å². The summed E-state index contributed by atoms with van der Waals surface area (Å²) in [6, 6.07) is 6.25. The third-order valence-electron chi connectivity index (χ3n) is 6.31. The van der Waals surface area contributed by atoms with Crippen molar-refractivity contribution >= 4 is 12.1 Å². The van der Waals surface area contributed by atoms with E-state index in [0.29, 0.717) is 16.7 Å². The van der Waals surface area contributed by atoms with E-state index >= 15 is 0 Å². The van der Waals surface area contributed by atoms with E-state index < -0.39 is 12.1 Å². The van der Waals surface area contributed by atoms with E-state index in [4.69, 9.17) is 4.74 Å². The molecular formula is C20H25NO4. The molecule has 5 heteroatoms. The molecule has 25 heavy (non-hydrogen) atoms. The number of benzene rings is 1. The number of carbonyl (C=O) groups is 2. The van der Waals surface area contributed by atoms with E-state index in [1.54, 1.807) is 12.1 Å². The Morgan fingerprint density at radius 2 is 1.72 bits per heavy atom. The van der Waals surface area contributed by atoms with Gasteiger partial charge in [-0.1, -0.05) is 26.0 Å². The number of nitrogens with one attached hydrogen (secondary N) is 1. The van der Waals surface area contributed by atoms with Gasteiger partial charge in [0.25, 0.3) is 0 Å². The quantitative estimate of drug-likeness (QED) is 0.861. The van der Waals surface area contributed by atoms with Crippen LogP contribution >= 0.6 is 0 Å². The standard InChI is InChI=1S/C20H25NO4/c1-18-7-13-8-19(2,10-18)12-20(9-13,11-18)21-17(24)25-15-6-4-3-5-14(15)16(22)23/h3-6,13H,7-12H2,1-2H3,(H,21,24)(H,22,23)/t13?,18-,19+,20?. The van der Waals surface area contributed by atoms with E-state index in [0.717, 1.165) is 19.3 Å². The summed E-state index contributed by atoms with van der Waals surface area (Å²) in [5.74, 6) is -0.342. The van der Waals surface area contributed by atoms with Gasteiger partial charge in [0.2, 0.25) is 0 Å². The molecule has 134 valence electrons. The number of hydrogen-bond donors (Lipinski definition) is 2. The van der Waals surface area contributed by atoms with Crippen LogP contribution in [0.4, 0.5) is 4.79 Å². The zero-order valence-corrected chi connectivity index (χ0v) is 14.8. The lowest BCUT2D eigenvalue weighted by Crippen LogP contribution is -2.65. The first-order valence-corrected chi connectivity index (χ1v) is 9.02. The van der Waals surface area contributed by atoms with Crippen molar-refractivity contribution in [3.05, 3.63) is 29.8 Å². The minimum absolute atomic E-state index is 0.00193. The van der Waals surface area contributed by atoms with Gasteiger partial charge in [-0.05, 0) is 67.4 Å². The zero-order chi connectivity index (χ0) is 17.9. The van der Waals surface area contributed by atoms with Gasteiger partial charge in [-0.25, -0.2) is 9.59 Å². The Bertz CT molecular complexity index is 725. The molecule has 5 nitrogen and oxygen atoms in total. The highest BCUT2D eigenvalue weighted by atomic mass is 16.6. The summed E-state index contributed by atoms with van der Waals surface area (Å²) in [7, 11) is 0. The third kappa shape index (κ3) is 2.90. The first-order valence-electron chi connectivity index (χ1n) is 9.02. The average Bonchev–Trinajstić information content (AvgIpc) is 2.42. The summed E-state index contributed by atoms with van der Waals surface area (Å²) in [6.07, 6.45) is 6.18. The maximum atomic E-state index is 12.6. The van der Waals surface area contributed by atoms with Crippen LogP contribution in [0.2, 0.25) is 0 Å². The van der Waals surface area contributed by atoms with Crippen LogP contribution < -0.4 is 10.1 Å². The minimum Gasteiger partial charge on any atom is -0.478 e. The highest BCUT2D eigenvalue weighted by molar-refractivity contribution is 5.91. The lowest BCUT2D eigenvalue weighted by Gasteiger charge is -2.65. The molecule has 0 spiro atoms. The smallest absolute Gasteiger partial charge is 0.413 e. The summed E-state index contributed by atoms with van der Waals surface area (Å²) in [5, 5.41) is 12.4. The van der Waals surface area contributed by atoms with Crippen molar-refractivity contribution in [3.8, 4) is 5.75 Å². The van der Waals surface area contributed by atoms with Crippen LogP contribution in [0.15, 0.2) is 24.3 Å². The first kappa shape index (κ1) is 16.4. The van der Waals surface area contributed by atoms with Crippen molar-refractivity contribution in [3.63, 3.8) is 0 Å². The van der Waals surface area contributed by atoms with E-state index in [1.807, 2.05) is 0 Å². The Morgan fingerprint density at radius 3 is 2.32 bits per heavy atom. The van der Waals surface area contributed by atoms with Crippen molar-refractivity contribution < 1.29 is 19.4 Å². The molecule has 2 unspecified atom stereocenters. The van der Waals surface area contributed by atoms with Gasteiger partial charge in [0.15, 0.2) is 0 Å². The molecule has 2 N–H and O–H groups in total. The van der Waals surface area contributed by atoms with Gasteiger partial charge in [-0.15, -0.1) is 0 Å². The van der Waals surface area contributed by atoms with Gasteiger partial charge < -0.3 is 15.2 Å². The van der Waals surface area contributed by atoms with Crippen LogP contribution in [0.5, 0.6) is 5.75 Å². The summed E-state index contributed by atoms with van der Waals surface area (Å²) < 4.78 is 5.38. The number of para-hydroxylation sites is 1. The molecular weight excluding hydrogens is 318 g/mol. The van der Waals surface area contributed by atoms with E-state index in [2.05, 4.69) is 19.2 Å². The SMILES string of the molecule is C[C@]12CC3CC(NC(=O)Oc4ccccc4C(=O)O)(C1)C[C@@](C)(C3)C2. The molecule has 5 rings (SSSR count). The second-order valence-electron chi connectivity index (χ2n) is 9.23. The highest BCUT2D eigenvalue weighted by Crippen LogP contribution is 2.66. The predicted octanol–water partition coefficient (Wildman–Crippen LogP) is 4.22. The number of rotatable bonds is 3. The summed E-state index contributed by atoms with van der Waals surface area (Å²) in [6.45, 7) is 4.69. The Labute approximate surface area is 147 Å². The molecule has 0 aliphatic heterocycles. The fourth-order valence-corrected chi connectivity index (χ4v) is 6.66. The highest BCUT2D eigenvalue weighted by Gasteiger charge is 2.60. The lowest BCUT2D eigenvalue weighted by atomic mass is 9.43. The molecule has 0 saturated heterocycles. The molecule has 4 aliphatic rings. The van der Waals surface area contributed by atoms with Crippen molar-refractivity contribution in [1.29, 1.82) is 0 Å². The molecule has 1 aromatic rings. The number of ether oxygens (including phenoxy) is 1. The second-order valence-corrected chi connectivity index (χ2v) is 9.23. The molecule has 0 radical (unpaired) electrons. The number of hydrogen-bond acceptors (Lipinski definition) is 3. The maximum Gasteiger partial charge on any atom is 0.413 e. The zero-order valence-electron chi connectivity index (χ0n) is 14.8. The van der Waals surface area contributed by atoms with Crippen LogP contribution in [-0.2, 0) is 0 Å². The number of aromatic carboxylic acids is 1. The normalized spacial score (nSPS) is 38.4. The Morgan fingerprint density at radius 1 is 1.08 bits per heavy atom. The van der Waals surface area contributed by atoms with Crippen molar-refractivity contribution in [1.82, 2.24) is 5.32 Å². The molecule has 4 atom stereocenters. The average molecular weight is 343 g/mol. The first-order chi connectivity index (χ1) is 11.7. The molecule has 1 amide bonds. The molecule has 4 aliphatic carbocycles. The van der Waals surface area contributed by atoms with E-state index in [-0.39, 0.29) is 16.9 Å². The minimum atomic E-state index is -1.10. The van der Waals surface area contributed by atoms with Gasteiger partial charge in [0.05, 0.1) is 0 Å². The summed E-state index contributed by atoms with van der Waals surface area (Å²) in [4.78, 5) is 23.8. The largest absolute Gasteiger partial charge is 0.478 e. The Hall–Kier alpha value is -2.04. The van der Waals surface area contributed by atoms with Crippen LogP contribution in [0.3, 0.4) is 0 Å². The molecule has 4 saturated carbocycles. The topological polar surface area (TPSA) is 75.6 Å². The second kappa shape index (κ2) is 5.23. The molecule has 4 fully saturated rings. The van der Waals surface area contributed by atoms with Crippen molar-refractivity contribution in [2.24, 2.45) is 16.7 Å². The molecule has 1 aromatic carbocycles. The summed E-state index contributed by atoms with van der Waals surface area (Å²) in [5.41, 5.74) is 0.376. The van der Waals surface area contributed by atoms with Crippen LogP contribution in [0, 0.1) is 16.7 Å². The summed E-state index contributed by atoms with van der Waals surface area (Å²) >= 11 is 0. The number of carboxylic acids is 1. The Kier molecular flexibility index (Phi) is 3.44. The van der Waals surface area contributed by atoms with E-state index in [9.17, 15) is 14.7 Å². The van der Waals surface area contributed by atoms with E-state index in [1.165, 1.54) is 31.4 Å². The predicted molar refractivity (Wildman–Crippen MR) is 92.7 cm³/mol. The number of carboxylic acid groups (broad SMARTS) is 1. The fraction of sp³-hybridized carbons (Fsp3) is 0.600. The fourth-order valence-electron chi connectivity index (χ4n) is 6.66. The molecule has 4 bridgehead atoms. The Balaban J connectivity index is 1.53. The van der Waals surface area contributed by atoms with Gasteiger partial charge in [0.1, 0.15) is 11.3 Å². The number of carbonyl (C=O) groups excluding carboxylic acids is 1. The third-order valence-corrected chi connectivity index (χ3v) is 6.31. The van der Waals surface area contributed by atoms with Gasteiger partial charge >= 0.3 is 12.1 Å². The molecule has 0 heterocycles. The van der Waals surface area contributed by atoms with Gasteiger partial charge in [-0.2, -0.15) is 0 Å². The maximum absolute atomic E-state index is 12.6. The monoisotopic (exact) mass is 343 g/mol. The van der Waals surface area contributed by atoms with Crippen LogP contribution in [-0.4, -0.2) is 22.7 Å². The van der Waals surface area contributed by atoms with Gasteiger partial charge in [0, 0.05) is 5.54 Å². The lowest BCUT2D eigenvalue weighted by molar-refractivity contribution is -0.114. The van der Waals surface area contributed by atoms with Crippen molar-refractivity contribution in [2.75, 3.05) is 0 Å².